The Kier molecular flexibility index (Phi) is 3.77. The molecule has 0 saturated carbocycles. The van der Waals surface area contributed by atoms with Gasteiger partial charge < -0.3 is 0 Å². The number of fused-ring (bicyclic) bond motifs is 1. The summed E-state index contributed by atoms with van der Waals surface area (Å²) in [6, 6.07) is 13.5. The number of carbonyl (C=O) groups is 1. The van der Waals surface area contributed by atoms with Crippen LogP contribution in [-0.4, -0.2) is 38.0 Å². The van der Waals surface area contributed by atoms with Gasteiger partial charge in [0.25, 0.3) is 0 Å². The summed E-state index contributed by atoms with van der Waals surface area (Å²) in [7, 11) is -3.20. The molecule has 0 radical (unpaired) electrons. The topological polar surface area (TPSA) is 57.7 Å². The Hall–Kier alpha value is -2.05. The maximum Gasteiger partial charge on any atom is 0.329 e. The fourth-order valence-corrected chi connectivity index (χ4v) is 5.74. The number of halogens is 1. The normalized spacial score (nSPS) is 24.6. The van der Waals surface area contributed by atoms with Crippen molar-refractivity contribution < 1.29 is 13.2 Å². The average Bonchev–Trinajstić information content (AvgIpc) is 2.97. The molecule has 0 N–H and O–H groups in total. The van der Waals surface area contributed by atoms with Crippen LogP contribution in [0, 0.1) is 6.92 Å². The number of anilines is 2. The van der Waals surface area contributed by atoms with E-state index in [1.54, 1.807) is 34.1 Å². The average molecular weight is 377 g/mol. The molecule has 0 unspecified atom stereocenters. The molecule has 2 heterocycles. The van der Waals surface area contributed by atoms with E-state index in [9.17, 15) is 13.2 Å². The number of urea groups is 1. The molecule has 5 nitrogen and oxygen atoms in total. The van der Waals surface area contributed by atoms with Crippen LogP contribution in [0.1, 0.15) is 5.56 Å². The molecule has 0 bridgehead atoms. The highest BCUT2D eigenvalue weighted by molar-refractivity contribution is 7.91. The van der Waals surface area contributed by atoms with Crippen molar-refractivity contribution in [3.63, 3.8) is 0 Å². The molecule has 25 heavy (non-hydrogen) atoms. The second-order valence-corrected chi connectivity index (χ2v) is 9.14. The number of amides is 2. The lowest BCUT2D eigenvalue weighted by Gasteiger charge is -2.23. The van der Waals surface area contributed by atoms with Crippen LogP contribution in [0.5, 0.6) is 0 Å². The van der Waals surface area contributed by atoms with Crippen molar-refractivity contribution >= 4 is 38.8 Å². The van der Waals surface area contributed by atoms with Gasteiger partial charge in [0, 0.05) is 16.4 Å². The Balaban J connectivity index is 1.81. The summed E-state index contributed by atoms with van der Waals surface area (Å²) < 4.78 is 24.5. The molecule has 130 valence electrons. The number of nitrogens with zero attached hydrogens (tertiary/aromatic N) is 2. The minimum Gasteiger partial charge on any atom is -0.288 e. The molecule has 2 aromatic rings. The zero-order chi connectivity index (χ0) is 17.8. The van der Waals surface area contributed by atoms with Gasteiger partial charge in [-0.15, -0.1) is 0 Å². The fourth-order valence-electron chi connectivity index (χ4n) is 3.64. The van der Waals surface area contributed by atoms with Crippen LogP contribution in [-0.2, 0) is 9.84 Å². The smallest absolute Gasteiger partial charge is 0.288 e. The monoisotopic (exact) mass is 376 g/mol. The highest BCUT2D eigenvalue weighted by Crippen LogP contribution is 2.38. The van der Waals surface area contributed by atoms with E-state index in [1.165, 1.54) is 0 Å². The van der Waals surface area contributed by atoms with Crippen molar-refractivity contribution in [1.29, 1.82) is 0 Å². The summed E-state index contributed by atoms with van der Waals surface area (Å²) in [6.07, 6.45) is 0. The molecule has 2 amide bonds. The lowest BCUT2D eigenvalue weighted by atomic mass is 10.1. The van der Waals surface area contributed by atoms with Crippen LogP contribution in [0.25, 0.3) is 0 Å². The first kappa shape index (κ1) is 16.4. The van der Waals surface area contributed by atoms with E-state index in [4.69, 9.17) is 11.6 Å². The van der Waals surface area contributed by atoms with E-state index in [-0.39, 0.29) is 23.6 Å². The summed E-state index contributed by atoms with van der Waals surface area (Å²) in [6.45, 7) is 1.97. The first-order chi connectivity index (χ1) is 11.9. The molecule has 7 heteroatoms. The van der Waals surface area contributed by atoms with Gasteiger partial charge in [0.15, 0.2) is 9.84 Å². The highest BCUT2D eigenvalue weighted by Gasteiger charge is 2.54. The van der Waals surface area contributed by atoms with E-state index in [2.05, 4.69) is 0 Å². The third-order valence-corrected chi connectivity index (χ3v) is 6.70. The third-order valence-electron chi connectivity index (χ3n) is 4.77. The lowest BCUT2D eigenvalue weighted by molar-refractivity contribution is 0.255. The van der Waals surface area contributed by atoms with E-state index in [1.807, 2.05) is 31.2 Å². The van der Waals surface area contributed by atoms with Crippen LogP contribution < -0.4 is 9.80 Å². The number of benzene rings is 2. The van der Waals surface area contributed by atoms with Gasteiger partial charge in [-0.25, -0.2) is 13.2 Å². The van der Waals surface area contributed by atoms with Crippen molar-refractivity contribution in [1.82, 2.24) is 0 Å². The Morgan fingerprint density at radius 1 is 0.960 bits per heavy atom. The molecular formula is C18H17ClN2O3S. The quantitative estimate of drug-likeness (QED) is 0.756. The maximum atomic E-state index is 13.1. The molecule has 2 saturated heterocycles. The van der Waals surface area contributed by atoms with Crippen molar-refractivity contribution in [3.05, 3.63) is 59.1 Å². The minimum absolute atomic E-state index is 0.0195. The lowest BCUT2D eigenvalue weighted by Crippen LogP contribution is -2.37. The SMILES string of the molecule is Cc1ccc(N2C(=O)N(c3cccc(Cl)c3)[C@H]3CS(=O)(=O)C[C@@H]32)cc1. The second-order valence-electron chi connectivity index (χ2n) is 6.55. The Bertz CT molecular complexity index is 943. The third kappa shape index (κ3) is 2.79. The van der Waals surface area contributed by atoms with Gasteiger partial charge in [-0.3, -0.25) is 9.80 Å². The first-order valence-electron chi connectivity index (χ1n) is 8.01. The summed E-state index contributed by atoms with van der Waals surface area (Å²) in [5.74, 6) is -0.0490. The Morgan fingerprint density at radius 3 is 2.16 bits per heavy atom. The van der Waals surface area contributed by atoms with Crippen molar-refractivity contribution in [2.24, 2.45) is 0 Å². The zero-order valence-corrected chi connectivity index (χ0v) is 15.2. The molecule has 0 spiro atoms. The molecular weight excluding hydrogens is 360 g/mol. The molecule has 2 aromatic carbocycles. The minimum atomic E-state index is -3.20. The summed E-state index contributed by atoms with van der Waals surface area (Å²) in [5.41, 5.74) is 2.42. The second kappa shape index (κ2) is 5.75. The van der Waals surface area contributed by atoms with Crippen molar-refractivity contribution in [2.45, 2.75) is 19.0 Å². The predicted molar refractivity (Wildman–Crippen MR) is 99.2 cm³/mol. The number of sulfone groups is 1. The Labute approximate surface area is 151 Å². The van der Waals surface area contributed by atoms with E-state index in [0.717, 1.165) is 5.56 Å². The van der Waals surface area contributed by atoms with Gasteiger partial charge in [-0.2, -0.15) is 0 Å². The van der Waals surface area contributed by atoms with Crippen LogP contribution >= 0.6 is 11.6 Å². The zero-order valence-electron chi connectivity index (χ0n) is 13.6. The molecule has 0 aromatic heterocycles. The van der Waals surface area contributed by atoms with Crippen LogP contribution in [0.15, 0.2) is 48.5 Å². The first-order valence-corrected chi connectivity index (χ1v) is 10.2. The van der Waals surface area contributed by atoms with Crippen molar-refractivity contribution in [2.75, 3.05) is 21.3 Å². The van der Waals surface area contributed by atoms with Gasteiger partial charge in [-0.05, 0) is 37.3 Å². The van der Waals surface area contributed by atoms with Crippen molar-refractivity contribution in [3.8, 4) is 0 Å². The highest BCUT2D eigenvalue weighted by atomic mass is 35.5. The number of hydrogen-bond donors (Lipinski definition) is 0. The van der Waals surface area contributed by atoms with Gasteiger partial charge in [-0.1, -0.05) is 35.4 Å². The van der Waals surface area contributed by atoms with E-state index in [0.29, 0.717) is 16.4 Å². The van der Waals surface area contributed by atoms with Gasteiger partial charge in [0.2, 0.25) is 0 Å². The number of aryl methyl sites for hydroxylation is 1. The Morgan fingerprint density at radius 2 is 1.56 bits per heavy atom. The summed E-state index contributed by atoms with van der Waals surface area (Å²) in [5, 5.41) is 0.511. The molecule has 2 aliphatic heterocycles. The molecule has 2 aliphatic rings. The van der Waals surface area contributed by atoms with Crippen LogP contribution in [0.4, 0.5) is 16.2 Å². The van der Waals surface area contributed by atoms with E-state index >= 15 is 0 Å². The molecule has 2 fully saturated rings. The van der Waals surface area contributed by atoms with Crippen LogP contribution in [0.3, 0.4) is 0 Å². The van der Waals surface area contributed by atoms with Gasteiger partial charge in [0.05, 0.1) is 23.6 Å². The number of carbonyl (C=O) groups excluding carboxylic acids is 1. The predicted octanol–water partition coefficient (Wildman–Crippen LogP) is 3.26. The van der Waals surface area contributed by atoms with Gasteiger partial charge in [0.1, 0.15) is 0 Å². The largest absolute Gasteiger partial charge is 0.329 e. The maximum absolute atomic E-state index is 13.1. The summed E-state index contributed by atoms with van der Waals surface area (Å²) in [4.78, 5) is 16.3. The standard InChI is InChI=1S/C18H17ClN2O3S/c1-12-5-7-14(8-6-12)20-16-10-25(23,24)11-17(16)21(18(20)22)15-4-2-3-13(19)9-15/h2-9,16-17H,10-11H2,1H3/t16-,17-/m0/s1. The van der Waals surface area contributed by atoms with Gasteiger partial charge >= 0.3 is 6.03 Å². The number of hydrogen-bond acceptors (Lipinski definition) is 3. The fraction of sp³-hybridized carbons (Fsp3) is 0.278. The van der Waals surface area contributed by atoms with Crippen LogP contribution in [0.2, 0.25) is 5.02 Å². The molecule has 4 rings (SSSR count). The number of rotatable bonds is 2. The molecule has 0 aliphatic carbocycles. The molecule has 2 atom stereocenters. The summed E-state index contributed by atoms with van der Waals surface area (Å²) >= 11 is 6.07. The van der Waals surface area contributed by atoms with E-state index < -0.39 is 15.9 Å².